The highest BCUT2D eigenvalue weighted by atomic mass is 16.4. The Labute approximate surface area is 71.5 Å². The SMILES string of the molecule is [2H]c1c([2H])c([2H])c([C@H](N)C(=O)O)c([2H])c1[2H]. The molecule has 1 aromatic carbocycles. The van der Waals surface area contributed by atoms with Crippen LogP contribution >= 0.6 is 0 Å². The van der Waals surface area contributed by atoms with Gasteiger partial charge in [0.1, 0.15) is 6.04 Å². The Kier molecular flexibility index (Phi) is 0.967. The van der Waals surface area contributed by atoms with Crippen molar-refractivity contribution in [3.63, 3.8) is 0 Å². The molecule has 0 spiro atoms. The van der Waals surface area contributed by atoms with E-state index in [9.17, 15) is 4.79 Å². The van der Waals surface area contributed by atoms with Crippen LogP contribution in [-0.2, 0) is 4.79 Å². The lowest BCUT2D eigenvalue weighted by atomic mass is 10.1. The fourth-order valence-electron chi connectivity index (χ4n) is 0.539. The molecule has 0 unspecified atom stereocenters. The zero-order chi connectivity index (χ0) is 12.6. The van der Waals surface area contributed by atoms with E-state index in [-0.39, 0.29) is 0 Å². The van der Waals surface area contributed by atoms with Crippen LogP contribution in [0.4, 0.5) is 0 Å². The Morgan fingerprint density at radius 2 is 2.09 bits per heavy atom. The van der Waals surface area contributed by atoms with Gasteiger partial charge in [0.2, 0.25) is 0 Å². The van der Waals surface area contributed by atoms with Crippen LogP contribution in [0.2, 0.25) is 0 Å². The zero-order valence-electron chi connectivity index (χ0n) is 10.5. The Morgan fingerprint density at radius 3 is 2.55 bits per heavy atom. The molecule has 11 heavy (non-hydrogen) atoms. The average Bonchev–Trinajstić information content (AvgIpc) is 2.23. The van der Waals surface area contributed by atoms with Gasteiger partial charge in [-0.1, -0.05) is 30.2 Å². The van der Waals surface area contributed by atoms with E-state index >= 15 is 0 Å². The van der Waals surface area contributed by atoms with Gasteiger partial charge in [0, 0.05) is 0 Å². The number of carboxylic acids is 1. The number of rotatable bonds is 2. The summed E-state index contributed by atoms with van der Waals surface area (Å²) >= 11 is 0. The summed E-state index contributed by atoms with van der Waals surface area (Å²) in [5.74, 6) is -1.45. The lowest BCUT2D eigenvalue weighted by Gasteiger charge is -2.04. The number of carbonyl (C=O) groups is 1. The molecular weight excluding hydrogens is 142 g/mol. The quantitative estimate of drug-likeness (QED) is 0.664. The topological polar surface area (TPSA) is 63.3 Å². The summed E-state index contributed by atoms with van der Waals surface area (Å²) in [4.78, 5) is 10.7. The van der Waals surface area contributed by atoms with Crippen LogP contribution in [0.15, 0.2) is 30.2 Å². The standard InChI is InChI=1S/C8H9NO2/c9-7(8(10)11)6-4-2-1-3-5-6/h1-5,7H,9H2,(H,10,11)/t7-/m0/s1/i1D,2D,3D,4D,5D. The molecule has 0 amide bonds. The van der Waals surface area contributed by atoms with Gasteiger partial charge in [-0.25, -0.2) is 0 Å². The van der Waals surface area contributed by atoms with Crippen molar-refractivity contribution in [2.24, 2.45) is 5.73 Å². The second-order valence-electron chi connectivity index (χ2n) is 1.85. The monoisotopic (exact) mass is 156 g/mol. The van der Waals surface area contributed by atoms with Crippen LogP contribution in [0.1, 0.15) is 18.5 Å². The van der Waals surface area contributed by atoms with E-state index in [4.69, 9.17) is 17.7 Å². The predicted octanol–water partition coefficient (Wildman–Crippen LogP) is 0.771. The molecule has 0 aliphatic carbocycles. The number of hydrogen-bond acceptors (Lipinski definition) is 2. The van der Waals surface area contributed by atoms with Crippen LogP contribution in [-0.4, -0.2) is 11.1 Å². The van der Waals surface area contributed by atoms with Crippen molar-refractivity contribution in [3.05, 3.63) is 35.8 Å². The van der Waals surface area contributed by atoms with E-state index in [2.05, 4.69) is 0 Å². The Hall–Kier alpha value is -1.35. The number of aliphatic carboxylic acids is 1. The fraction of sp³-hybridized carbons (Fsp3) is 0.125. The number of nitrogens with two attached hydrogens (primary N) is 1. The molecule has 0 aliphatic heterocycles. The fourth-order valence-corrected chi connectivity index (χ4v) is 0.539. The zero-order valence-corrected chi connectivity index (χ0v) is 5.51. The van der Waals surface area contributed by atoms with Crippen LogP contribution in [0.5, 0.6) is 0 Å². The van der Waals surface area contributed by atoms with Crippen LogP contribution in [0, 0.1) is 0 Å². The minimum absolute atomic E-state index is 0.404. The van der Waals surface area contributed by atoms with Gasteiger partial charge in [0.15, 0.2) is 0 Å². The lowest BCUT2D eigenvalue weighted by Crippen LogP contribution is -2.20. The van der Waals surface area contributed by atoms with Gasteiger partial charge in [-0.2, -0.15) is 0 Å². The van der Waals surface area contributed by atoms with Crippen molar-refractivity contribution in [2.45, 2.75) is 6.04 Å². The van der Waals surface area contributed by atoms with Crippen molar-refractivity contribution >= 4 is 5.97 Å². The van der Waals surface area contributed by atoms with E-state index < -0.39 is 47.8 Å². The average molecular weight is 156 g/mol. The van der Waals surface area contributed by atoms with Crippen molar-refractivity contribution in [1.82, 2.24) is 0 Å². The van der Waals surface area contributed by atoms with Crippen molar-refractivity contribution in [3.8, 4) is 0 Å². The number of carboxylic acid groups (broad SMARTS) is 1. The Bertz CT molecular complexity index is 433. The normalized spacial score (nSPS) is 18.8. The second-order valence-corrected chi connectivity index (χ2v) is 1.85. The van der Waals surface area contributed by atoms with Crippen LogP contribution in [0.3, 0.4) is 0 Å². The molecule has 3 heteroatoms. The summed E-state index contributed by atoms with van der Waals surface area (Å²) in [6, 6.07) is -4.55. The van der Waals surface area contributed by atoms with Gasteiger partial charge in [-0.3, -0.25) is 4.79 Å². The maximum atomic E-state index is 10.7. The molecule has 0 saturated heterocycles. The minimum Gasteiger partial charge on any atom is -0.480 e. The first-order chi connectivity index (χ1) is 7.29. The summed E-state index contributed by atoms with van der Waals surface area (Å²) in [6.45, 7) is 0. The highest BCUT2D eigenvalue weighted by molar-refractivity contribution is 5.75. The van der Waals surface area contributed by atoms with Gasteiger partial charge < -0.3 is 10.8 Å². The highest BCUT2D eigenvalue weighted by Crippen LogP contribution is 2.08. The molecule has 0 heterocycles. The van der Waals surface area contributed by atoms with Gasteiger partial charge in [0.25, 0.3) is 0 Å². The number of hydrogen-bond donors (Lipinski definition) is 2. The summed E-state index contributed by atoms with van der Waals surface area (Å²) in [6.07, 6.45) is 0. The number of benzene rings is 1. The molecule has 3 nitrogen and oxygen atoms in total. The molecule has 58 valence electrons. The molecule has 0 saturated carbocycles. The highest BCUT2D eigenvalue weighted by Gasteiger charge is 2.12. The largest absolute Gasteiger partial charge is 0.480 e. The Balaban J connectivity index is 3.57. The molecule has 1 rings (SSSR count). The third-order valence-corrected chi connectivity index (χ3v) is 1.10. The maximum Gasteiger partial charge on any atom is 0.325 e. The molecule has 1 aromatic rings. The minimum atomic E-state index is -1.63. The van der Waals surface area contributed by atoms with E-state index in [1.165, 1.54) is 0 Å². The summed E-state index contributed by atoms with van der Waals surface area (Å²) in [7, 11) is 0. The first-order valence-electron chi connectivity index (χ1n) is 5.34. The molecule has 0 aromatic heterocycles. The van der Waals surface area contributed by atoms with E-state index in [0.717, 1.165) is 0 Å². The first kappa shape index (κ1) is 3.36. The molecule has 0 bridgehead atoms. The lowest BCUT2D eigenvalue weighted by molar-refractivity contribution is -0.138. The van der Waals surface area contributed by atoms with Gasteiger partial charge in [-0.05, 0) is 5.56 Å². The maximum absolute atomic E-state index is 10.7. The second kappa shape index (κ2) is 3.16. The van der Waals surface area contributed by atoms with Crippen LogP contribution in [0.25, 0.3) is 0 Å². The van der Waals surface area contributed by atoms with Gasteiger partial charge >= 0.3 is 5.97 Å². The van der Waals surface area contributed by atoms with Gasteiger partial charge in [0.05, 0.1) is 6.85 Å². The molecule has 1 atom stereocenters. The van der Waals surface area contributed by atoms with Gasteiger partial charge in [-0.15, -0.1) is 0 Å². The molecule has 3 N–H and O–H groups in total. The first-order valence-corrected chi connectivity index (χ1v) is 2.84. The smallest absolute Gasteiger partial charge is 0.325 e. The van der Waals surface area contributed by atoms with Crippen molar-refractivity contribution < 1.29 is 16.8 Å². The molecule has 0 aliphatic rings. The van der Waals surface area contributed by atoms with E-state index in [1.807, 2.05) is 0 Å². The third kappa shape index (κ3) is 1.78. The molecule has 0 radical (unpaired) electrons. The Morgan fingerprint density at radius 1 is 1.55 bits per heavy atom. The summed E-state index contributed by atoms with van der Waals surface area (Å²) in [5.41, 5.74) is 4.86. The van der Waals surface area contributed by atoms with E-state index in [1.54, 1.807) is 0 Å². The van der Waals surface area contributed by atoms with Crippen molar-refractivity contribution in [1.29, 1.82) is 0 Å². The third-order valence-electron chi connectivity index (χ3n) is 1.10. The molecule has 0 fully saturated rings. The summed E-state index contributed by atoms with van der Waals surface area (Å²) < 4.78 is 36.8. The van der Waals surface area contributed by atoms with Crippen LogP contribution < -0.4 is 5.73 Å². The van der Waals surface area contributed by atoms with Crippen molar-refractivity contribution in [2.75, 3.05) is 0 Å². The molecular formula is C8H9NO2. The summed E-state index contributed by atoms with van der Waals surface area (Å²) in [5, 5.41) is 8.67. The predicted molar refractivity (Wildman–Crippen MR) is 41.0 cm³/mol. The van der Waals surface area contributed by atoms with E-state index in [0.29, 0.717) is 0 Å².